The van der Waals surface area contributed by atoms with Gasteiger partial charge in [0.2, 0.25) is 0 Å². The maximum atomic E-state index is 5.67. The van der Waals surface area contributed by atoms with Crippen LogP contribution in [0.2, 0.25) is 0 Å². The molecule has 0 heterocycles. The van der Waals surface area contributed by atoms with Gasteiger partial charge >= 0.3 is 0 Å². The van der Waals surface area contributed by atoms with Crippen molar-refractivity contribution in [3.63, 3.8) is 0 Å². The highest BCUT2D eigenvalue weighted by molar-refractivity contribution is 9.10. The van der Waals surface area contributed by atoms with E-state index < -0.39 is 0 Å². The van der Waals surface area contributed by atoms with Gasteiger partial charge in [0.25, 0.3) is 0 Å². The van der Waals surface area contributed by atoms with Crippen molar-refractivity contribution in [2.75, 3.05) is 26.9 Å². The number of rotatable bonds is 8. The molecule has 0 aromatic heterocycles. The lowest BCUT2D eigenvalue weighted by atomic mass is 10.2. The summed E-state index contributed by atoms with van der Waals surface area (Å²) < 4.78 is 17.2. The van der Waals surface area contributed by atoms with Crippen LogP contribution in [0.15, 0.2) is 16.6 Å². The highest BCUT2D eigenvalue weighted by atomic mass is 79.9. The van der Waals surface area contributed by atoms with E-state index in [0.717, 1.165) is 23.1 Å². The van der Waals surface area contributed by atoms with Crippen LogP contribution in [0.4, 0.5) is 0 Å². The van der Waals surface area contributed by atoms with Gasteiger partial charge in [-0.3, -0.25) is 0 Å². The highest BCUT2D eigenvalue weighted by Gasteiger charge is 2.11. The zero-order valence-corrected chi connectivity index (χ0v) is 12.5. The van der Waals surface area contributed by atoms with Crippen LogP contribution in [0.5, 0.6) is 11.5 Å². The van der Waals surface area contributed by atoms with Crippen LogP contribution < -0.4 is 15.2 Å². The van der Waals surface area contributed by atoms with Crippen LogP contribution >= 0.6 is 15.9 Å². The molecule has 0 fully saturated rings. The number of benzene rings is 1. The Kier molecular flexibility index (Phi) is 7.08. The molecule has 4 nitrogen and oxygen atoms in total. The fraction of sp³-hybridized carbons (Fsp3) is 0.538. The molecular formula is C13H20BrNO3. The minimum absolute atomic E-state index is 0.467. The molecule has 0 spiro atoms. The molecule has 18 heavy (non-hydrogen) atoms. The lowest BCUT2D eigenvalue weighted by molar-refractivity contribution is 0.0992. The number of hydrogen-bond donors (Lipinski definition) is 1. The molecule has 1 aromatic carbocycles. The van der Waals surface area contributed by atoms with E-state index in [0.29, 0.717) is 31.3 Å². The lowest BCUT2D eigenvalue weighted by Gasteiger charge is -2.14. The molecule has 0 unspecified atom stereocenters. The molecule has 0 aliphatic rings. The molecule has 0 bridgehead atoms. The second kappa shape index (κ2) is 8.34. The van der Waals surface area contributed by atoms with Crippen LogP contribution in [0.25, 0.3) is 0 Å². The summed E-state index contributed by atoms with van der Waals surface area (Å²) in [5, 5.41) is 0. The Labute approximate surface area is 117 Å². The Morgan fingerprint density at radius 3 is 2.61 bits per heavy atom. The van der Waals surface area contributed by atoms with Gasteiger partial charge in [-0.25, -0.2) is 0 Å². The average Bonchev–Trinajstić information content (AvgIpc) is 2.39. The third kappa shape index (κ3) is 4.48. The molecule has 102 valence electrons. The Morgan fingerprint density at radius 1 is 1.22 bits per heavy atom. The maximum absolute atomic E-state index is 5.67. The summed E-state index contributed by atoms with van der Waals surface area (Å²) in [4.78, 5) is 0. The van der Waals surface area contributed by atoms with E-state index in [4.69, 9.17) is 19.9 Å². The molecule has 0 aliphatic heterocycles. The van der Waals surface area contributed by atoms with Gasteiger partial charge in [-0.1, -0.05) is 6.92 Å². The summed E-state index contributed by atoms with van der Waals surface area (Å²) in [5.74, 6) is 1.37. The normalized spacial score (nSPS) is 10.4. The minimum Gasteiger partial charge on any atom is -0.493 e. The standard InChI is InChI=1S/C13H20BrNO3/c1-3-4-17-5-6-18-13-11(14)7-10(9-15)8-12(13)16-2/h7-8H,3-6,9,15H2,1-2H3. The van der Waals surface area contributed by atoms with Crippen LogP contribution in [-0.4, -0.2) is 26.9 Å². The van der Waals surface area contributed by atoms with E-state index in [2.05, 4.69) is 22.9 Å². The van der Waals surface area contributed by atoms with Gasteiger partial charge in [-0.05, 0) is 40.0 Å². The van der Waals surface area contributed by atoms with Crippen molar-refractivity contribution in [2.45, 2.75) is 19.9 Å². The fourth-order valence-electron chi connectivity index (χ4n) is 1.48. The van der Waals surface area contributed by atoms with Gasteiger partial charge in [-0.15, -0.1) is 0 Å². The first kappa shape index (κ1) is 15.3. The monoisotopic (exact) mass is 317 g/mol. The predicted molar refractivity (Wildman–Crippen MR) is 75.2 cm³/mol. The van der Waals surface area contributed by atoms with Crippen molar-refractivity contribution in [3.8, 4) is 11.5 Å². The zero-order valence-electron chi connectivity index (χ0n) is 10.9. The first-order chi connectivity index (χ1) is 8.72. The van der Waals surface area contributed by atoms with E-state index >= 15 is 0 Å². The summed E-state index contributed by atoms with van der Waals surface area (Å²) >= 11 is 3.46. The van der Waals surface area contributed by atoms with Crippen molar-refractivity contribution < 1.29 is 14.2 Å². The number of methoxy groups -OCH3 is 1. The molecule has 0 amide bonds. The molecule has 0 atom stereocenters. The topological polar surface area (TPSA) is 53.7 Å². The third-order valence-corrected chi connectivity index (χ3v) is 2.94. The maximum Gasteiger partial charge on any atom is 0.175 e. The smallest absolute Gasteiger partial charge is 0.175 e. The minimum atomic E-state index is 0.467. The van der Waals surface area contributed by atoms with Crippen molar-refractivity contribution in [1.29, 1.82) is 0 Å². The Morgan fingerprint density at radius 2 is 2.00 bits per heavy atom. The van der Waals surface area contributed by atoms with Crippen LogP contribution in [0.1, 0.15) is 18.9 Å². The SMILES string of the molecule is CCCOCCOc1c(Br)cc(CN)cc1OC. The van der Waals surface area contributed by atoms with Crippen LogP contribution in [-0.2, 0) is 11.3 Å². The van der Waals surface area contributed by atoms with E-state index in [1.165, 1.54) is 0 Å². The summed E-state index contributed by atoms with van der Waals surface area (Å²) in [7, 11) is 1.61. The fourth-order valence-corrected chi connectivity index (χ4v) is 2.08. The summed E-state index contributed by atoms with van der Waals surface area (Å²) in [6, 6.07) is 3.82. The lowest BCUT2D eigenvalue weighted by Crippen LogP contribution is -2.08. The second-order valence-corrected chi connectivity index (χ2v) is 4.63. The van der Waals surface area contributed by atoms with Gasteiger partial charge in [0.1, 0.15) is 6.61 Å². The molecule has 1 rings (SSSR count). The van der Waals surface area contributed by atoms with Crippen LogP contribution in [0.3, 0.4) is 0 Å². The number of hydrogen-bond acceptors (Lipinski definition) is 4. The van der Waals surface area contributed by atoms with Crippen molar-refractivity contribution in [2.24, 2.45) is 5.73 Å². The average molecular weight is 318 g/mol. The van der Waals surface area contributed by atoms with Gasteiger partial charge in [0, 0.05) is 13.2 Å². The Hall–Kier alpha value is -0.780. The van der Waals surface area contributed by atoms with E-state index in [-0.39, 0.29) is 0 Å². The van der Waals surface area contributed by atoms with Gasteiger partial charge in [0.15, 0.2) is 11.5 Å². The third-order valence-electron chi connectivity index (χ3n) is 2.35. The number of nitrogens with two attached hydrogens (primary N) is 1. The zero-order chi connectivity index (χ0) is 13.4. The van der Waals surface area contributed by atoms with E-state index in [9.17, 15) is 0 Å². The second-order valence-electron chi connectivity index (χ2n) is 3.77. The molecule has 5 heteroatoms. The van der Waals surface area contributed by atoms with E-state index in [1.807, 2.05) is 12.1 Å². The van der Waals surface area contributed by atoms with Crippen molar-refractivity contribution in [3.05, 3.63) is 22.2 Å². The van der Waals surface area contributed by atoms with Crippen molar-refractivity contribution in [1.82, 2.24) is 0 Å². The molecular weight excluding hydrogens is 298 g/mol. The first-order valence-electron chi connectivity index (χ1n) is 6.00. The van der Waals surface area contributed by atoms with Gasteiger partial charge in [0.05, 0.1) is 18.2 Å². The molecule has 0 radical (unpaired) electrons. The molecule has 1 aromatic rings. The van der Waals surface area contributed by atoms with Crippen LogP contribution in [0, 0.1) is 0 Å². The largest absolute Gasteiger partial charge is 0.493 e. The molecule has 2 N–H and O–H groups in total. The molecule has 0 aliphatic carbocycles. The Bertz CT molecular complexity index is 371. The number of ether oxygens (including phenoxy) is 3. The predicted octanol–water partition coefficient (Wildman–Crippen LogP) is 2.72. The van der Waals surface area contributed by atoms with Gasteiger partial charge < -0.3 is 19.9 Å². The summed E-state index contributed by atoms with van der Waals surface area (Å²) in [6.45, 7) is 4.37. The quantitative estimate of drug-likeness (QED) is 0.749. The van der Waals surface area contributed by atoms with E-state index in [1.54, 1.807) is 7.11 Å². The van der Waals surface area contributed by atoms with Crippen molar-refractivity contribution >= 4 is 15.9 Å². The molecule has 0 saturated heterocycles. The first-order valence-corrected chi connectivity index (χ1v) is 6.79. The Balaban J connectivity index is 2.63. The molecule has 0 saturated carbocycles. The summed E-state index contributed by atoms with van der Waals surface area (Å²) in [6.07, 6.45) is 1.01. The number of halogens is 1. The highest BCUT2D eigenvalue weighted by Crippen LogP contribution is 2.36. The van der Waals surface area contributed by atoms with Gasteiger partial charge in [-0.2, -0.15) is 0 Å². The summed E-state index contributed by atoms with van der Waals surface area (Å²) in [5.41, 5.74) is 6.60.